The Bertz CT molecular complexity index is 500. The Kier molecular flexibility index (Phi) is 3.71. The van der Waals surface area contributed by atoms with E-state index in [2.05, 4.69) is 32.8 Å². The fraction of sp³-hybridized carbons (Fsp3) is 0.643. The maximum Gasteiger partial charge on any atom is 0.220 e. The number of amides is 1. The van der Waals surface area contributed by atoms with E-state index in [9.17, 15) is 4.79 Å². The molecule has 1 aliphatic heterocycles. The van der Waals surface area contributed by atoms with Crippen LogP contribution in [-0.2, 0) is 4.79 Å². The molecule has 1 aliphatic carbocycles. The topological polar surface area (TPSA) is 78.9 Å². The first-order chi connectivity index (χ1) is 9.74. The second-order valence-electron chi connectivity index (χ2n) is 5.49. The van der Waals surface area contributed by atoms with Gasteiger partial charge in [0.25, 0.3) is 0 Å². The minimum absolute atomic E-state index is 0.145. The van der Waals surface area contributed by atoms with Gasteiger partial charge in [-0.1, -0.05) is 0 Å². The van der Waals surface area contributed by atoms with Gasteiger partial charge in [-0.25, -0.2) is 9.97 Å². The third-order valence-corrected chi connectivity index (χ3v) is 3.66. The molecule has 108 valence electrons. The van der Waals surface area contributed by atoms with Crippen molar-refractivity contribution in [1.29, 1.82) is 0 Å². The first kappa shape index (κ1) is 13.1. The van der Waals surface area contributed by atoms with Crippen LogP contribution < -0.4 is 16.0 Å². The molecule has 1 atom stereocenters. The van der Waals surface area contributed by atoms with Gasteiger partial charge in [0.1, 0.15) is 17.5 Å². The Morgan fingerprint density at radius 3 is 2.60 bits per heavy atom. The molecule has 0 bridgehead atoms. The van der Waals surface area contributed by atoms with Gasteiger partial charge in [0.15, 0.2) is 0 Å². The Labute approximate surface area is 118 Å². The molecule has 1 saturated carbocycles. The smallest absolute Gasteiger partial charge is 0.220 e. The third-order valence-electron chi connectivity index (χ3n) is 3.66. The fourth-order valence-corrected chi connectivity index (χ4v) is 2.41. The second kappa shape index (κ2) is 5.64. The van der Waals surface area contributed by atoms with Gasteiger partial charge in [-0.3, -0.25) is 4.79 Å². The molecule has 1 aromatic heterocycles. The number of carbonyl (C=O) groups is 1. The zero-order chi connectivity index (χ0) is 13.9. The van der Waals surface area contributed by atoms with Gasteiger partial charge in [-0.2, -0.15) is 0 Å². The van der Waals surface area contributed by atoms with Crippen LogP contribution >= 0.6 is 0 Å². The number of rotatable bonds is 6. The monoisotopic (exact) mass is 275 g/mol. The van der Waals surface area contributed by atoms with Gasteiger partial charge in [0.2, 0.25) is 5.91 Å². The van der Waals surface area contributed by atoms with Crippen molar-refractivity contribution in [2.45, 2.75) is 44.6 Å². The highest BCUT2D eigenvalue weighted by molar-refractivity contribution is 5.78. The van der Waals surface area contributed by atoms with Crippen molar-refractivity contribution in [3.8, 4) is 0 Å². The van der Waals surface area contributed by atoms with Crippen LogP contribution in [0.1, 0.15) is 44.3 Å². The van der Waals surface area contributed by atoms with Crippen LogP contribution in [0.5, 0.6) is 0 Å². The van der Waals surface area contributed by atoms with Gasteiger partial charge < -0.3 is 16.0 Å². The molecule has 1 aromatic rings. The molecule has 1 saturated heterocycles. The summed E-state index contributed by atoms with van der Waals surface area (Å²) >= 11 is 0. The molecule has 6 nitrogen and oxygen atoms in total. The third kappa shape index (κ3) is 3.18. The van der Waals surface area contributed by atoms with E-state index in [1.54, 1.807) is 0 Å². The Morgan fingerprint density at radius 2 is 2.00 bits per heavy atom. The molecule has 2 heterocycles. The van der Waals surface area contributed by atoms with Crippen molar-refractivity contribution >= 4 is 17.5 Å². The molecule has 2 aliphatic rings. The van der Waals surface area contributed by atoms with E-state index in [0.29, 0.717) is 12.3 Å². The number of hydrogen-bond donors (Lipinski definition) is 3. The van der Waals surface area contributed by atoms with Crippen LogP contribution in [0.25, 0.3) is 0 Å². The van der Waals surface area contributed by atoms with Crippen molar-refractivity contribution in [1.82, 2.24) is 15.3 Å². The highest BCUT2D eigenvalue weighted by atomic mass is 16.1. The van der Waals surface area contributed by atoms with Gasteiger partial charge >= 0.3 is 0 Å². The number of anilines is 2. The number of carbonyl (C=O) groups excluding carboxylic acids is 1. The quantitative estimate of drug-likeness (QED) is 0.733. The predicted octanol–water partition coefficient (Wildman–Crippen LogP) is 1.48. The van der Waals surface area contributed by atoms with E-state index in [0.717, 1.165) is 37.0 Å². The number of nitrogens with one attached hydrogen (secondary N) is 3. The molecule has 20 heavy (non-hydrogen) atoms. The molecule has 3 rings (SSSR count). The fourth-order valence-electron chi connectivity index (χ4n) is 2.41. The van der Waals surface area contributed by atoms with Gasteiger partial charge in [0.05, 0.1) is 0 Å². The Balaban J connectivity index is 1.66. The second-order valence-corrected chi connectivity index (χ2v) is 5.49. The SMILES string of the molecule is CCNc1cc(NCC2CCC(=O)N2)nc(C2CC2)n1. The normalized spacial score (nSPS) is 21.6. The van der Waals surface area contributed by atoms with Gasteiger partial charge in [-0.05, 0) is 26.2 Å². The Morgan fingerprint density at radius 1 is 1.25 bits per heavy atom. The molecule has 0 spiro atoms. The summed E-state index contributed by atoms with van der Waals surface area (Å²) in [6, 6.07) is 2.15. The van der Waals surface area contributed by atoms with E-state index in [4.69, 9.17) is 0 Å². The van der Waals surface area contributed by atoms with Crippen molar-refractivity contribution in [3.63, 3.8) is 0 Å². The number of aromatic nitrogens is 2. The summed E-state index contributed by atoms with van der Waals surface area (Å²) in [4.78, 5) is 20.3. The predicted molar refractivity (Wildman–Crippen MR) is 77.8 cm³/mol. The van der Waals surface area contributed by atoms with Crippen LogP contribution in [0.3, 0.4) is 0 Å². The zero-order valence-electron chi connectivity index (χ0n) is 11.8. The van der Waals surface area contributed by atoms with Crippen LogP contribution in [0.15, 0.2) is 6.07 Å². The van der Waals surface area contributed by atoms with Crippen molar-refractivity contribution in [2.75, 3.05) is 23.7 Å². The van der Waals surface area contributed by atoms with Crippen molar-refractivity contribution < 1.29 is 4.79 Å². The van der Waals surface area contributed by atoms with E-state index >= 15 is 0 Å². The first-order valence-electron chi connectivity index (χ1n) is 7.40. The van der Waals surface area contributed by atoms with Crippen LogP contribution in [0, 0.1) is 0 Å². The summed E-state index contributed by atoms with van der Waals surface area (Å²) < 4.78 is 0. The lowest BCUT2D eigenvalue weighted by atomic mass is 10.2. The maximum atomic E-state index is 11.2. The molecule has 1 unspecified atom stereocenters. The summed E-state index contributed by atoms with van der Waals surface area (Å²) in [6.45, 7) is 3.62. The average molecular weight is 275 g/mol. The lowest BCUT2D eigenvalue weighted by Crippen LogP contribution is -2.32. The summed E-state index contributed by atoms with van der Waals surface area (Å²) in [7, 11) is 0. The van der Waals surface area contributed by atoms with E-state index in [-0.39, 0.29) is 11.9 Å². The summed E-state index contributed by atoms with van der Waals surface area (Å²) in [5, 5.41) is 9.52. The first-order valence-corrected chi connectivity index (χ1v) is 7.40. The van der Waals surface area contributed by atoms with Crippen LogP contribution in [0.2, 0.25) is 0 Å². The van der Waals surface area contributed by atoms with Crippen LogP contribution in [-0.4, -0.2) is 35.0 Å². The summed E-state index contributed by atoms with van der Waals surface area (Å²) in [5.74, 6) is 3.33. The maximum absolute atomic E-state index is 11.2. The van der Waals surface area contributed by atoms with E-state index in [1.807, 2.05) is 6.07 Å². The zero-order valence-corrected chi connectivity index (χ0v) is 11.8. The molecule has 2 fully saturated rings. The van der Waals surface area contributed by atoms with Crippen LogP contribution in [0.4, 0.5) is 11.6 Å². The molecular formula is C14H21N5O. The summed E-state index contributed by atoms with van der Waals surface area (Å²) in [6.07, 6.45) is 3.90. The molecule has 0 radical (unpaired) electrons. The lowest BCUT2D eigenvalue weighted by Gasteiger charge is -2.13. The van der Waals surface area contributed by atoms with Gasteiger partial charge in [-0.15, -0.1) is 0 Å². The highest BCUT2D eigenvalue weighted by Gasteiger charge is 2.27. The number of nitrogens with zero attached hydrogens (tertiary/aromatic N) is 2. The largest absolute Gasteiger partial charge is 0.370 e. The lowest BCUT2D eigenvalue weighted by molar-refractivity contribution is -0.119. The van der Waals surface area contributed by atoms with Crippen molar-refractivity contribution in [2.24, 2.45) is 0 Å². The molecule has 0 aromatic carbocycles. The minimum Gasteiger partial charge on any atom is -0.370 e. The standard InChI is InChI=1S/C14H21N5O/c1-2-15-11-7-12(19-14(18-11)9-3-4-9)16-8-10-5-6-13(20)17-10/h7,9-10H,2-6,8H2,1H3,(H,17,20)(H2,15,16,18,19). The molecule has 1 amide bonds. The van der Waals surface area contributed by atoms with E-state index in [1.165, 1.54) is 12.8 Å². The molecule has 3 N–H and O–H groups in total. The Hall–Kier alpha value is -1.85. The number of hydrogen-bond acceptors (Lipinski definition) is 5. The highest BCUT2D eigenvalue weighted by Crippen LogP contribution is 2.38. The van der Waals surface area contributed by atoms with E-state index < -0.39 is 0 Å². The molecular weight excluding hydrogens is 254 g/mol. The average Bonchev–Trinajstić information content (AvgIpc) is 3.20. The van der Waals surface area contributed by atoms with Gasteiger partial charge in [0, 0.05) is 37.5 Å². The summed E-state index contributed by atoms with van der Waals surface area (Å²) in [5.41, 5.74) is 0. The molecule has 6 heteroatoms. The minimum atomic E-state index is 0.145. The van der Waals surface area contributed by atoms with Crippen molar-refractivity contribution in [3.05, 3.63) is 11.9 Å².